The number of amides is 2. The second-order valence-corrected chi connectivity index (χ2v) is 5.82. The minimum absolute atomic E-state index is 0.000845. The molecule has 0 radical (unpaired) electrons. The van der Waals surface area contributed by atoms with Gasteiger partial charge < -0.3 is 9.80 Å². The first-order valence-corrected chi connectivity index (χ1v) is 8.00. The summed E-state index contributed by atoms with van der Waals surface area (Å²) in [5, 5.41) is 0. The van der Waals surface area contributed by atoms with E-state index < -0.39 is 0 Å². The molecule has 122 valence electrons. The summed E-state index contributed by atoms with van der Waals surface area (Å²) in [5.41, 5.74) is 1.08. The third-order valence-electron chi connectivity index (χ3n) is 4.02. The lowest BCUT2D eigenvalue weighted by molar-refractivity contribution is -0.134. The van der Waals surface area contributed by atoms with Crippen molar-refractivity contribution in [3.63, 3.8) is 0 Å². The number of benzene rings is 1. The van der Waals surface area contributed by atoms with Gasteiger partial charge >= 0.3 is 0 Å². The Morgan fingerprint density at radius 3 is 2.36 bits per heavy atom. The van der Waals surface area contributed by atoms with E-state index in [1.165, 1.54) is 0 Å². The Balaban J connectivity index is 2.54. The number of hydrogen-bond acceptors (Lipinski definition) is 2. The number of carbonyl (C=O) groups excluding carboxylic acids is 2. The number of rotatable bonds is 8. The minimum atomic E-state index is 0.000845. The van der Waals surface area contributed by atoms with Gasteiger partial charge in [-0.25, -0.2) is 0 Å². The summed E-state index contributed by atoms with van der Waals surface area (Å²) in [6.07, 6.45) is 2.44. The largest absolute Gasteiger partial charge is 0.343 e. The van der Waals surface area contributed by atoms with Gasteiger partial charge in [-0.05, 0) is 18.9 Å². The van der Waals surface area contributed by atoms with E-state index in [9.17, 15) is 9.59 Å². The monoisotopic (exact) mass is 304 g/mol. The molecule has 0 saturated carbocycles. The van der Waals surface area contributed by atoms with Crippen molar-refractivity contribution >= 4 is 11.8 Å². The minimum Gasteiger partial charge on any atom is -0.343 e. The molecule has 2 amide bonds. The van der Waals surface area contributed by atoms with Crippen molar-refractivity contribution < 1.29 is 9.59 Å². The second kappa shape index (κ2) is 9.23. The van der Waals surface area contributed by atoms with Gasteiger partial charge in [0.2, 0.25) is 11.8 Å². The fourth-order valence-corrected chi connectivity index (χ4v) is 2.42. The molecule has 0 fully saturated rings. The molecule has 0 spiro atoms. The van der Waals surface area contributed by atoms with Crippen LogP contribution in [0, 0.1) is 0 Å². The van der Waals surface area contributed by atoms with Gasteiger partial charge in [0.1, 0.15) is 0 Å². The predicted octanol–water partition coefficient (Wildman–Crippen LogP) is 3.07. The fourth-order valence-electron chi connectivity index (χ4n) is 2.42. The molecule has 0 aliphatic heterocycles. The average Bonchev–Trinajstić information content (AvgIpc) is 2.51. The highest BCUT2D eigenvalue weighted by atomic mass is 16.2. The first-order valence-electron chi connectivity index (χ1n) is 8.00. The molecule has 1 rings (SSSR count). The van der Waals surface area contributed by atoms with Crippen molar-refractivity contribution in [2.45, 2.75) is 52.6 Å². The molecule has 1 aromatic rings. The number of hydrogen-bond donors (Lipinski definition) is 0. The van der Waals surface area contributed by atoms with E-state index in [2.05, 4.69) is 13.8 Å². The SMILES string of the molecule is CCC[C@@H](C)N(C)C(=O)CCN(Cc1ccccc1)C(C)=O. The summed E-state index contributed by atoms with van der Waals surface area (Å²) >= 11 is 0. The molecule has 0 heterocycles. The molecule has 22 heavy (non-hydrogen) atoms. The molecule has 0 N–H and O–H groups in total. The van der Waals surface area contributed by atoms with Crippen LogP contribution in [0.2, 0.25) is 0 Å². The van der Waals surface area contributed by atoms with Crippen LogP contribution < -0.4 is 0 Å². The van der Waals surface area contributed by atoms with Crippen molar-refractivity contribution in [2.24, 2.45) is 0 Å². The topological polar surface area (TPSA) is 40.6 Å². The van der Waals surface area contributed by atoms with Crippen molar-refractivity contribution in [1.82, 2.24) is 9.80 Å². The molecular weight excluding hydrogens is 276 g/mol. The first kappa shape index (κ1) is 18.2. The summed E-state index contributed by atoms with van der Waals surface area (Å²) in [7, 11) is 1.85. The van der Waals surface area contributed by atoms with Gasteiger partial charge in [-0.1, -0.05) is 43.7 Å². The van der Waals surface area contributed by atoms with Gasteiger partial charge in [0.15, 0.2) is 0 Å². The fraction of sp³-hybridized carbons (Fsp3) is 0.556. The van der Waals surface area contributed by atoms with Crippen molar-refractivity contribution in [1.29, 1.82) is 0 Å². The third kappa shape index (κ3) is 5.88. The van der Waals surface area contributed by atoms with Crippen molar-refractivity contribution in [3.05, 3.63) is 35.9 Å². The van der Waals surface area contributed by atoms with Gasteiger partial charge in [-0.15, -0.1) is 0 Å². The number of carbonyl (C=O) groups is 2. The average molecular weight is 304 g/mol. The van der Waals surface area contributed by atoms with Gasteiger partial charge in [-0.2, -0.15) is 0 Å². The maximum Gasteiger partial charge on any atom is 0.224 e. The van der Waals surface area contributed by atoms with Crippen molar-refractivity contribution in [2.75, 3.05) is 13.6 Å². The van der Waals surface area contributed by atoms with Gasteiger partial charge in [0, 0.05) is 39.5 Å². The van der Waals surface area contributed by atoms with Crippen LogP contribution in [-0.4, -0.2) is 41.2 Å². The van der Waals surface area contributed by atoms with Gasteiger partial charge in [0.25, 0.3) is 0 Å². The zero-order chi connectivity index (χ0) is 16.5. The van der Waals surface area contributed by atoms with E-state index >= 15 is 0 Å². The highest BCUT2D eigenvalue weighted by Gasteiger charge is 2.17. The Kier molecular flexibility index (Phi) is 7.64. The van der Waals surface area contributed by atoms with Crippen molar-refractivity contribution in [3.8, 4) is 0 Å². The lowest BCUT2D eigenvalue weighted by Gasteiger charge is -2.27. The number of nitrogens with zero attached hydrogens (tertiary/aromatic N) is 2. The third-order valence-corrected chi connectivity index (χ3v) is 4.02. The molecule has 0 bridgehead atoms. The Bertz CT molecular complexity index is 473. The molecule has 0 aliphatic rings. The summed E-state index contributed by atoms with van der Waals surface area (Å²) in [6.45, 7) is 6.75. The first-order chi connectivity index (χ1) is 10.5. The molecule has 4 nitrogen and oxygen atoms in total. The predicted molar refractivity (Wildman–Crippen MR) is 89.3 cm³/mol. The van der Waals surface area contributed by atoms with Crippen LogP contribution in [0.5, 0.6) is 0 Å². The molecule has 1 aromatic carbocycles. The molecule has 0 unspecified atom stereocenters. The standard InChI is InChI=1S/C18H28N2O2/c1-5-9-15(2)19(4)18(22)12-13-20(16(3)21)14-17-10-7-6-8-11-17/h6-8,10-11,15H,5,9,12-14H2,1-4H3/t15-/m1/s1. The molecule has 0 aliphatic carbocycles. The van der Waals surface area contributed by atoms with E-state index in [1.54, 1.807) is 16.7 Å². The van der Waals surface area contributed by atoms with Crippen LogP contribution in [0.25, 0.3) is 0 Å². The molecule has 0 aromatic heterocycles. The Hall–Kier alpha value is -1.84. The second-order valence-electron chi connectivity index (χ2n) is 5.82. The van der Waals surface area contributed by atoms with Crippen LogP contribution in [0.3, 0.4) is 0 Å². The van der Waals surface area contributed by atoms with Gasteiger partial charge in [-0.3, -0.25) is 9.59 Å². The summed E-state index contributed by atoms with van der Waals surface area (Å²) in [4.78, 5) is 27.5. The van der Waals surface area contributed by atoms with Crippen LogP contribution in [0.4, 0.5) is 0 Å². The molecule has 4 heteroatoms. The quantitative estimate of drug-likeness (QED) is 0.740. The summed E-state index contributed by atoms with van der Waals surface area (Å²) in [5.74, 6) is 0.0983. The van der Waals surface area contributed by atoms with Crippen LogP contribution in [-0.2, 0) is 16.1 Å². The van der Waals surface area contributed by atoms with E-state index in [-0.39, 0.29) is 17.9 Å². The zero-order valence-corrected chi connectivity index (χ0v) is 14.2. The lowest BCUT2D eigenvalue weighted by atomic mass is 10.1. The Morgan fingerprint density at radius 2 is 1.82 bits per heavy atom. The lowest BCUT2D eigenvalue weighted by Crippen LogP contribution is -2.38. The highest BCUT2D eigenvalue weighted by molar-refractivity contribution is 5.78. The smallest absolute Gasteiger partial charge is 0.224 e. The van der Waals surface area contributed by atoms with Gasteiger partial charge in [0.05, 0.1) is 0 Å². The molecule has 0 saturated heterocycles. The summed E-state index contributed by atoms with van der Waals surface area (Å²) in [6, 6.07) is 10.1. The van der Waals surface area contributed by atoms with Crippen LogP contribution in [0.1, 0.15) is 45.6 Å². The maximum absolute atomic E-state index is 12.2. The van der Waals surface area contributed by atoms with Crippen LogP contribution in [0.15, 0.2) is 30.3 Å². The van der Waals surface area contributed by atoms with E-state index in [1.807, 2.05) is 37.4 Å². The Morgan fingerprint density at radius 1 is 1.18 bits per heavy atom. The van der Waals surface area contributed by atoms with Crippen LogP contribution >= 0.6 is 0 Å². The highest BCUT2D eigenvalue weighted by Crippen LogP contribution is 2.09. The molecular formula is C18H28N2O2. The van der Waals surface area contributed by atoms with E-state index in [4.69, 9.17) is 0 Å². The normalized spacial score (nSPS) is 11.8. The Labute approximate surface area is 134 Å². The summed E-state index contributed by atoms with van der Waals surface area (Å²) < 4.78 is 0. The molecule has 1 atom stereocenters. The maximum atomic E-state index is 12.2. The zero-order valence-electron chi connectivity index (χ0n) is 14.2. The van der Waals surface area contributed by atoms with E-state index in [0.717, 1.165) is 18.4 Å². The van der Waals surface area contributed by atoms with E-state index in [0.29, 0.717) is 19.5 Å².